The van der Waals surface area contributed by atoms with Crippen molar-refractivity contribution in [3.05, 3.63) is 56.5 Å². The number of nitrogens with one attached hydrogen (secondary N) is 3. The Balaban J connectivity index is 1.79. The number of hydrazine groups is 1. The van der Waals surface area contributed by atoms with Gasteiger partial charge in [-0.3, -0.25) is 25.8 Å². The molecule has 2 aromatic rings. The smallest absolute Gasteiger partial charge is 0.269 e. The average molecular weight is 531 g/mol. The summed E-state index contributed by atoms with van der Waals surface area (Å²) in [6, 6.07) is 10.4. The van der Waals surface area contributed by atoms with Crippen molar-refractivity contribution in [3.8, 4) is 11.5 Å². The molecule has 0 aliphatic carbocycles. The number of aryl methyl sites for hydroxylation is 1. The predicted octanol–water partition coefficient (Wildman–Crippen LogP) is 3.24. The summed E-state index contributed by atoms with van der Waals surface area (Å²) in [6.07, 6.45) is 0. The lowest BCUT2D eigenvalue weighted by molar-refractivity contribution is -0.121. The molecule has 2 aromatic carbocycles. The molecule has 2 amide bonds. The van der Waals surface area contributed by atoms with E-state index in [4.69, 9.17) is 21.7 Å². The zero-order valence-electron chi connectivity index (χ0n) is 15.0. The molecule has 0 saturated carbocycles. The lowest BCUT2D eigenvalue weighted by atomic mass is 10.2. The highest BCUT2D eigenvalue weighted by molar-refractivity contribution is 9.10. The summed E-state index contributed by atoms with van der Waals surface area (Å²) in [5, 5.41) is 2.36. The second kappa shape index (κ2) is 10.4. The molecular weight excluding hydrogens is 514 g/mol. The van der Waals surface area contributed by atoms with Crippen LogP contribution in [-0.4, -0.2) is 30.6 Å². The summed E-state index contributed by atoms with van der Waals surface area (Å²) in [4.78, 5) is 24.0. The van der Waals surface area contributed by atoms with E-state index in [-0.39, 0.29) is 11.7 Å². The number of carbonyl (C=O) groups is 2. The predicted molar refractivity (Wildman–Crippen MR) is 116 cm³/mol. The minimum Gasteiger partial charge on any atom is -0.496 e. The van der Waals surface area contributed by atoms with Crippen LogP contribution in [0.2, 0.25) is 0 Å². The van der Waals surface area contributed by atoms with Gasteiger partial charge in [-0.05, 0) is 86.9 Å². The van der Waals surface area contributed by atoms with E-state index in [2.05, 4.69) is 48.0 Å². The van der Waals surface area contributed by atoms with Gasteiger partial charge in [-0.15, -0.1) is 0 Å². The van der Waals surface area contributed by atoms with Crippen molar-refractivity contribution in [2.45, 2.75) is 6.92 Å². The number of halogens is 2. The van der Waals surface area contributed by atoms with Gasteiger partial charge < -0.3 is 9.47 Å². The average Bonchev–Trinajstić information content (AvgIpc) is 2.65. The van der Waals surface area contributed by atoms with Crippen molar-refractivity contribution in [2.24, 2.45) is 0 Å². The molecule has 0 bridgehead atoms. The maximum absolute atomic E-state index is 12.1. The topological polar surface area (TPSA) is 88.7 Å². The highest BCUT2D eigenvalue weighted by Crippen LogP contribution is 2.26. The summed E-state index contributed by atoms with van der Waals surface area (Å²) in [6.45, 7) is 1.72. The normalized spacial score (nSPS) is 10.0. The van der Waals surface area contributed by atoms with Crippen LogP contribution in [0.15, 0.2) is 45.3 Å². The monoisotopic (exact) mass is 529 g/mol. The van der Waals surface area contributed by atoms with Crippen LogP contribution in [0, 0.1) is 6.92 Å². The molecule has 0 fully saturated rings. The van der Waals surface area contributed by atoms with Crippen LogP contribution >= 0.6 is 44.1 Å². The van der Waals surface area contributed by atoms with Gasteiger partial charge in [0.05, 0.1) is 16.1 Å². The minimum absolute atomic E-state index is 0.0579. The fourth-order valence-electron chi connectivity index (χ4n) is 2.05. The maximum Gasteiger partial charge on any atom is 0.269 e. The van der Waals surface area contributed by atoms with E-state index in [1.807, 2.05) is 19.1 Å². The third kappa shape index (κ3) is 6.47. The summed E-state index contributed by atoms with van der Waals surface area (Å²) in [5.74, 6) is 0.247. The van der Waals surface area contributed by atoms with Crippen LogP contribution in [0.5, 0.6) is 11.5 Å². The van der Waals surface area contributed by atoms with Crippen LogP contribution in [-0.2, 0) is 4.79 Å². The Hall–Kier alpha value is -2.17. The molecule has 10 heteroatoms. The van der Waals surface area contributed by atoms with E-state index in [0.717, 1.165) is 10.0 Å². The van der Waals surface area contributed by atoms with Crippen molar-refractivity contribution < 1.29 is 19.1 Å². The molecule has 0 heterocycles. The van der Waals surface area contributed by atoms with E-state index in [9.17, 15) is 9.59 Å². The van der Waals surface area contributed by atoms with Gasteiger partial charge in [0.15, 0.2) is 11.7 Å². The first-order chi connectivity index (χ1) is 13.3. The molecule has 0 unspecified atom stereocenters. The van der Waals surface area contributed by atoms with Crippen LogP contribution in [0.3, 0.4) is 0 Å². The van der Waals surface area contributed by atoms with Crippen LogP contribution in [0.1, 0.15) is 15.9 Å². The second-order valence-electron chi connectivity index (χ2n) is 5.53. The molecule has 0 aliphatic rings. The zero-order chi connectivity index (χ0) is 20.7. The Kier molecular flexibility index (Phi) is 8.21. The van der Waals surface area contributed by atoms with Crippen LogP contribution < -0.4 is 25.6 Å². The van der Waals surface area contributed by atoms with Crippen LogP contribution in [0.25, 0.3) is 0 Å². The molecular formula is C18H17Br2N3O4S. The number of hydrogen-bond acceptors (Lipinski definition) is 5. The van der Waals surface area contributed by atoms with E-state index in [0.29, 0.717) is 21.5 Å². The van der Waals surface area contributed by atoms with Crippen molar-refractivity contribution in [2.75, 3.05) is 13.7 Å². The standard InChI is InChI=1S/C18H17Br2N3O4S/c1-10-3-5-15(12(19)7-10)27-9-16(24)21-18(28)23-22-17(25)11-4-6-14(26-2)13(20)8-11/h3-8H,9H2,1-2H3,(H,22,25)(H2,21,23,24,28). The lowest BCUT2D eigenvalue weighted by Gasteiger charge is -2.12. The number of amides is 2. The van der Waals surface area contributed by atoms with Crippen LogP contribution in [0.4, 0.5) is 0 Å². The van der Waals surface area contributed by atoms with Crippen molar-refractivity contribution in [1.29, 1.82) is 0 Å². The lowest BCUT2D eigenvalue weighted by Crippen LogP contribution is -2.49. The molecule has 0 aromatic heterocycles. The molecule has 0 aliphatic heterocycles. The molecule has 28 heavy (non-hydrogen) atoms. The van der Waals surface area contributed by atoms with Gasteiger partial charge in [-0.25, -0.2) is 0 Å². The SMILES string of the molecule is COc1ccc(C(=O)NNC(=S)NC(=O)COc2ccc(C)cc2Br)cc1Br. The second-order valence-corrected chi connectivity index (χ2v) is 7.65. The number of hydrogen-bond donors (Lipinski definition) is 3. The minimum atomic E-state index is -0.466. The van der Waals surface area contributed by atoms with E-state index < -0.39 is 11.8 Å². The Morgan fingerprint density at radius 3 is 2.36 bits per heavy atom. The Morgan fingerprint density at radius 1 is 1.04 bits per heavy atom. The molecule has 148 valence electrons. The van der Waals surface area contributed by atoms with Gasteiger partial charge in [0.2, 0.25) is 0 Å². The van der Waals surface area contributed by atoms with Crippen molar-refractivity contribution >= 4 is 61.0 Å². The van der Waals surface area contributed by atoms with Gasteiger partial charge >= 0.3 is 0 Å². The first kappa shape index (κ1) is 22.1. The summed E-state index contributed by atoms with van der Waals surface area (Å²) < 4.78 is 11.9. The number of carbonyl (C=O) groups excluding carboxylic acids is 2. The van der Waals surface area contributed by atoms with Gasteiger partial charge in [-0.1, -0.05) is 6.07 Å². The largest absolute Gasteiger partial charge is 0.496 e. The first-order valence-corrected chi connectivity index (χ1v) is 9.92. The molecule has 0 radical (unpaired) electrons. The maximum atomic E-state index is 12.1. The highest BCUT2D eigenvalue weighted by atomic mass is 79.9. The highest BCUT2D eigenvalue weighted by Gasteiger charge is 2.11. The first-order valence-electron chi connectivity index (χ1n) is 7.93. The molecule has 3 N–H and O–H groups in total. The molecule has 7 nitrogen and oxygen atoms in total. The zero-order valence-corrected chi connectivity index (χ0v) is 19.0. The summed E-state index contributed by atoms with van der Waals surface area (Å²) in [7, 11) is 1.53. The molecule has 0 spiro atoms. The molecule has 0 atom stereocenters. The van der Waals surface area contributed by atoms with Crippen molar-refractivity contribution in [1.82, 2.24) is 16.2 Å². The Labute approximate surface area is 184 Å². The number of benzene rings is 2. The molecule has 0 saturated heterocycles. The van der Waals surface area contributed by atoms with Gasteiger partial charge in [0, 0.05) is 5.56 Å². The number of rotatable bonds is 5. The summed E-state index contributed by atoms with van der Waals surface area (Å²) in [5.41, 5.74) is 6.31. The van der Waals surface area contributed by atoms with E-state index in [1.54, 1.807) is 24.3 Å². The Morgan fingerprint density at radius 2 is 1.71 bits per heavy atom. The van der Waals surface area contributed by atoms with E-state index in [1.165, 1.54) is 7.11 Å². The third-order valence-corrected chi connectivity index (χ3v) is 4.85. The third-order valence-electron chi connectivity index (χ3n) is 3.40. The fraction of sp³-hybridized carbons (Fsp3) is 0.167. The van der Waals surface area contributed by atoms with Gasteiger partial charge in [0.1, 0.15) is 11.5 Å². The number of thiocarbonyl (C=S) groups is 1. The van der Waals surface area contributed by atoms with E-state index >= 15 is 0 Å². The summed E-state index contributed by atoms with van der Waals surface area (Å²) >= 11 is 11.7. The number of ether oxygens (including phenoxy) is 2. The fourth-order valence-corrected chi connectivity index (χ4v) is 3.37. The van der Waals surface area contributed by atoms with Gasteiger partial charge in [0.25, 0.3) is 11.8 Å². The van der Waals surface area contributed by atoms with Gasteiger partial charge in [-0.2, -0.15) is 0 Å². The van der Waals surface area contributed by atoms with Crippen molar-refractivity contribution in [3.63, 3.8) is 0 Å². The number of methoxy groups -OCH3 is 1. The Bertz CT molecular complexity index is 908. The quantitative estimate of drug-likeness (QED) is 0.406. The molecule has 2 rings (SSSR count).